The van der Waals surface area contributed by atoms with Crippen molar-refractivity contribution in [3.8, 4) is 11.5 Å². The quantitative estimate of drug-likeness (QED) is 0.507. The van der Waals surface area contributed by atoms with Crippen molar-refractivity contribution in [1.29, 1.82) is 5.41 Å². The van der Waals surface area contributed by atoms with Crippen LogP contribution < -0.4 is 9.47 Å². The van der Waals surface area contributed by atoms with E-state index >= 15 is 0 Å². The maximum Gasteiger partial charge on any atom is 0.283 e. The van der Waals surface area contributed by atoms with E-state index in [2.05, 4.69) is 9.39 Å². The zero-order chi connectivity index (χ0) is 23.8. The molecule has 0 fully saturated rings. The summed E-state index contributed by atoms with van der Waals surface area (Å²) in [6.07, 6.45) is 2.37. The third kappa shape index (κ3) is 4.52. The fourth-order valence-corrected chi connectivity index (χ4v) is 4.91. The summed E-state index contributed by atoms with van der Waals surface area (Å²) < 4.78 is 52.7. The number of amidine groups is 3. The summed E-state index contributed by atoms with van der Waals surface area (Å²) in [5, 5.41) is 8.05. The Morgan fingerprint density at radius 2 is 1.97 bits per heavy atom. The molecule has 12 heteroatoms. The van der Waals surface area contributed by atoms with Crippen LogP contribution in [0.25, 0.3) is 6.08 Å². The van der Waals surface area contributed by atoms with Gasteiger partial charge in [0.05, 0.1) is 24.6 Å². The number of fused-ring (bicyclic) bond motifs is 1. The molecule has 0 atom stereocenters. The third-order valence-corrected chi connectivity index (χ3v) is 6.42. The molecule has 4 rings (SSSR count). The molecule has 0 unspecified atom stereocenters. The molecule has 9 nitrogen and oxygen atoms in total. The van der Waals surface area contributed by atoms with Gasteiger partial charge in [-0.3, -0.25) is 10.2 Å². The molecular weight excluding hydrogens is 471 g/mol. The largest absolute Gasteiger partial charge is 0.493 e. The second-order valence-electron chi connectivity index (χ2n) is 6.97. The number of carbonyl (C=O) groups excluding carboxylic acids is 1. The first-order valence-corrected chi connectivity index (χ1v) is 12.1. The van der Waals surface area contributed by atoms with Crippen LogP contribution in [0.15, 0.2) is 57.4 Å². The van der Waals surface area contributed by atoms with Crippen LogP contribution in [0.3, 0.4) is 0 Å². The van der Waals surface area contributed by atoms with Gasteiger partial charge in [0.15, 0.2) is 11.5 Å². The van der Waals surface area contributed by atoms with Gasteiger partial charge in [0, 0.05) is 11.8 Å². The van der Waals surface area contributed by atoms with Crippen molar-refractivity contribution >= 4 is 49.9 Å². The van der Waals surface area contributed by atoms with E-state index in [1.807, 2.05) is 0 Å². The number of nitrogens with one attached hydrogen (secondary N) is 1. The van der Waals surface area contributed by atoms with Crippen molar-refractivity contribution < 1.29 is 27.1 Å². The molecule has 2 aliphatic rings. The van der Waals surface area contributed by atoms with Crippen molar-refractivity contribution in [3.63, 3.8) is 0 Å². The van der Waals surface area contributed by atoms with Gasteiger partial charge in [-0.05, 0) is 29.8 Å². The minimum atomic E-state index is -3.74. The topological polar surface area (TPSA) is 121 Å². The number of methoxy groups -OCH3 is 1. The van der Waals surface area contributed by atoms with Gasteiger partial charge >= 0.3 is 0 Å². The molecule has 0 aromatic heterocycles. The summed E-state index contributed by atoms with van der Waals surface area (Å²) in [6.45, 7) is -0.00960. The van der Waals surface area contributed by atoms with E-state index in [1.54, 1.807) is 36.4 Å². The highest BCUT2D eigenvalue weighted by atomic mass is 32.2. The van der Waals surface area contributed by atoms with Crippen molar-refractivity contribution in [2.75, 3.05) is 13.4 Å². The lowest BCUT2D eigenvalue weighted by molar-refractivity contribution is -0.114. The van der Waals surface area contributed by atoms with Crippen molar-refractivity contribution in [1.82, 2.24) is 4.90 Å². The van der Waals surface area contributed by atoms with Crippen LogP contribution in [-0.2, 0) is 21.2 Å². The van der Waals surface area contributed by atoms with E-state index in [-0.39, 0.29) is 34.2 Å². The predicted octanol–water partition coefficient (Wildman–Crippen LogP) is 3.03. The average Bonchev–Trinajstić information content (AvgIpc) is 3.21. The van der Waals surface area contributed by atoms with Gasteiger partial charge in [0.1, 0.15) is 18.3 Å². The molecule has 2 aromatic carbocycles. The second kappa shape index (κ2) is 8.79. The second-order valence-corrected chi connectivity index (χ2v) is 9.61. The van der Waals surface area contributed by atoms with Crippen LogP contribution in [-0.4, -0.2) is 48.8 Å². The van der Waals surface area contributed by atoms with Gasteiger partial charge in [-0.15, -0.1) is 0 Å². The molecule has 1 N–H and O–H groups in total. The smallest absolute Gasteiger partial charge is 0.283 e. The monoisotopic (exact) mass is 488 g/mol. The lowest BCUT2D eigenvalue weighted by atomic mass is 10.1. The standard InChI is InChI=1S/C21H17FN4O5S2/c1-30-17-10-12(7-8-16(17)31-11-13-5-3-4-6-15(13)22)9-14-18(23)26-20(24-19(14)27)32-25-21(26)33(2,28)29/h3-10,23H,11H2,1-2H3/b14-9-,23-18?. The number of hydrogen-bond acceptors (Lipinski definition) is 8. The average molecular weight is 489 g/mol. The number of halogens is 1. The summed E-state index contributed by atoms with van der Waals surface area (Å²) in [4.78, 5) is 17.4. The van der Waals surface area contributed by atoms with Crippen molar-refractivity contribution in [2.45, 2.75) is 6.61 Å². The van der Waals surface area contributed by atoms with E-state index in [9.17, 15) is 17.6 Å². The summed E-state index contributed by atoms with van der Waals surface area (Å²) in [5.41, 5.74) is 0.758. The lowest BCUT2D eigenvalue weighted by Gasteiger charge is -2.23. The van der Waals surface area contributed by atoms with Crippen LogP contribution in [0.2, 0.25) is 0 Å². The van der Waals surface area contributed by atoms with E-state index < -0.39 is 15.7 Å². The maximum absolute atomic E-state index is 13.8. The van der Waals surface area contributed by atoms with Gasteiger partial charge in [-0.1, -0.05) is 24.3 Å². The molecule has 0 bridgehead atoms. The number of aliphatic imine (C=N–C) groups is 1. The molecule has 2 heterocycles. The van der Waals surface area contributed by atoms with Gasteiger partial charge < -0.3 is 9.47 Å². The van der Waals surface area contributed by atoms with E-state index in [0.29, 0.717) is 22.6 Å². The Morgan fingerprint density at radius 1 is 1.21 bits per heavy atom. The van der Waals surface area contributed by atoms with E-state index in [1.165, 1.54) is 19.3 Å². The molecule has 0 aliphatic carbocycles. The molecule has 1 amide bonds. The number of hydrogen-bond donors (Lipinski definition) is 1. The minimum Gasteiger partial charge on any atom is -0.493 e. The number of ether oxygens (including phenoxy) is 2. The number of sulfone groups is 1. The van der Waals surface area contributed by atoms with Crippen LogP contribution in [0.4, 0.5) is 4.39 Å². The van der Waals surface area contributed by atoms with Crippen molar-refractivity contribution in [2.24, 2.45) is 9.39 Å². The molecule has 0 saturated heterocycles. The molecule has 0 saturated carbocycles. The molecule has 2 aliphatic heterocycles. The number of nitrogens with zero attached hydrogens (tertiary/aromatic N) is 3. The zero-order valence-corrected chi connectivity index (χ0v) is 19.0. The fourth-order valence-electron chi connectivity index (χ4n) is 3.07. The highest BCUT2D eigenvalue weighted by Crippen LogP contribution is 2.32. The first kappa shape index (κ1) is 22.7. The molecule has 0 radical (unpaired) electrons. The van der Waals surface area contributed by atoms with Gasteiger partial charge in [0.2, 0.25) is 20.2 Å². The molecule has 0 spiro atoms. The molecular formula is C21H17FN4O5S2. The third-order valence-electron chi connectivity index (χ3n) is 4.67. The molecule has 2 aromatic rings. The number of rotatable bonds is 5. The Balaban J connectivity index is 1.61. The van der Waals surface area contributed by atoms with Crippen molar-refractivity contribution in [3.05, 3.63) is 65.0 Å². The molecule has 33 heavy (non-hydrogen) atoms. The van der Waals surface area contributed by atoms with Crippen LogP contribution in [0.5, 0.6) is 11.5 Å². The molecule has 170 valence electrons. The Morgan fingerprint density at radius 3 is 2.67 bits per heavy atom. The summed E-state index contributed by atoms with van der Waals surface area (Å²) in [7, 11) is -2.30. The van der Waals surface area contributed by atoms with Gasteiger partial charge in [-0.2, -0.15) is 9.39 Å². The SMILES string of the molecule is COc1cc(/C=C2/C(=N)N3C(=NC2=O)SN=C3S(C)(=O)=O)ccc1OCc1ccccc1F. The Hall–Kier alpha value is -3.51. The van der Waals surface area contributed by atoms with Crippen LogP contribution in [0, 0.1) is 11.2 Å². The van der Waals surface area contributed by atoms with E-state index in [0.717, 1.165) is 23.1 Å². The maximum atomic E-state index is 13.8. The Kier molecular flexibility index (Phi) is 6.04. The summed E-state index contributed by atoms with van der Waals surface area (Å²) in [5.74, 6) is -0.741. The Bertz CT molecular complexity index is 1370. The fraction of sp³-hybridized carbons (Fsp3) is 0.143. The first-order chi connectivity index (χ1) is 15.7. The predicted molar refractivity (Wildman–Crippen MR) is 124 cm³/mol. The van der Waals surface area contributed by atoms with Crippen LogP contribution in [0.1, 0.15) is 11.1 Å². The minimum absolute atomic E-state index is 0.00960. The number of benzene rings is 2. The van der Waals surface area contributed by atoms with Gasteiger partial charge in [-0.25, -0.2) is 17.7 Å². The number of carbonyl (C=O) groups is 1. The van der Waals surface area contributed by atoms with E-state index in [4.69, 9.17) is 14.9 Å². The highest BCUT2D eigenvalue weighted by Gasteiger charge is 2.41. The summed E-state index contributed by atoms with van der Waals surface area (Å²) >= 11 is 0.722. The normalized spacial score (nSPS) is 17.1. The van der Waals surface area contributed by atoms with Crippen LogP contribution >= 0.6 is 11.9 Å². The summed E-state index contributed by atoms with van der Waals surface area (Å²) in [6, 6.07) is 11.0. The highest BCUT2D eigenvalue weighted by molar-refractivity contribution is 8.16. The number of amides is 1. The van der Waals surface area contributed by atoms with Gasteiger partial charge in [0.25, 0.3) is 5.91 Å². The Labute approximate surface area is 193 Å². The zero-order valence-electron chi connectivity index (χ0n) is 17.4. The lowest BCUT2D eigenvalue weighted by Crippen LogP contribution is -2.45. The first-order valence-electron chi connectivity index (χ1n) is 9.42.